The molecule has 0 radical (unpaired) electrons. The average Bonchev–Trinajstić information content (AvgIpc) is 2.23. The van der Waals surface area contributed by atoms with Crippen molar-refractivity contribution >= 4 is 0 Å². The number of hydrogen-bond acceptors (Lipinski definition) is 3. The minimum absolute atomic E-state index is 0.152. The number of methoxy groups -OCH3 is 1. The van der Waals surface area contributed by atoms with Crippen molar-refractivity contribution in [3.05, 3.63) is 29.8 Å². The molecule has 1 aromatic carbocycles. The highest BCUT2D eigenvalue weighted by molar-refractivity contribution is 5.33. The Bertz CT molecular complexity index is 318. The van der Waals surface area contributed by atoms with Crippen LogP contribution >= 0.6 is 0 Å². The highest BCUT2D eigenvalue weighted by atomic mass is 16.5. The van der Waals surface area contributed by atoms with E-state index in [0.717, 1.165) is 25.3 Å². The summed E-state index contributed by atoms with van der Waals surface area (Å²) in [6.07, 6.45) is 0.958. The van der Waals surface area contributed by atoms with Gasteiger partial charge in [-0.1, -0.05) is 18.2 Å². The summed E-state index contributed by atoms with van der Waals surface area (Å²) in [6, 6.07) is 8.10. The topological polar surface area (TPSA) is 47.3 Å². The van der Waals surface area contributed by atoms with Gasteiger partial charge in [-0.25, -0.2) is 0 Å². The van der Waals surface area contributed by atoms with E-state index >= 15 is 0 Å². The standard InChI is InChI=1S/C13H22N2O/c1-13(2,14)10-15-9-8-11-6-4-5-7-12(11)16-3/h4-7,15H,8-10,14H2,1-3H3. The molecule has 3 nitrogen and oxygen atoms in total. The summed E-state index contributed by atoms with van der Waals surface area (Å²) in [7, 11) is 1.70. The Balaban J connectivity index is 2.37. The van der Waals surface area contributed by atoms with Crippen molar-refractivity contribution in [1.82, 2.24) is 5.32 Å². The molecular formula is C13H22N2O. The fourth-order valence-corrected chi connectivity index (χ4v) is 1.54. The van der Waals surface area contributed by atoms with Crippen LogP contribution in [0.2, 0.25) is 0 Å². The van der Waals surface area contributed by atoms with Crippen LogP contribution in [0.4, 0.5) is 0 Å². The van der Waals surface area contributed by atoms with E-state index in [-0.39, 0.29) is 5.54 Å². The summed E-state index contributed by atoms with van der Waals surface area (Å²) in [5.74, 6) is 0.955. The van der Waals surface area contributed by atoms with Gasteiger partial charge in [-0.15, -0.1) is 0 Å². The van der Waals surface area contributed by atoms with Gasteiger partial charge in [0, 0.05) is 12.1 Å². The van der Waals surface area contributed by atoms with E-state index in [0.29, 0.717) is 0 Å². The fraction of sp³-hybridized carbons (Fsp3) is 0.538. The van der Waals surface area contributed by atoms with Gasteiger partial charge in [0.15, 0.2) is 0 Å². The molecule has 3 N–H and O–H groups in total. The molecule has 0 bridgehead atoms. The van der Waals surface area contributed by atoms with Gasteiger partial charge in [0.1, 0.15) is 5.75 Å². The van der Waals surface area contributed by atoms with Crippen LogP contribution in [0.3, 0.4) is 0 Å². The second-order valence-corrected chi connectivity index (χ2v) is 4.73. The highest BCUT2D eigenvalue weighted by Crippen LogP contribution is 2.17. The fourth-order valence-electron chi connectivity index (χ4n) is 1.54. The number of nitrogens with two attached hydrogens (primary N) is 1. The van der Waals surface area contributed by atoms with Crippen LogP contribution in [0, 0.1) is 0 Å². The van der Waals surface area contributed by atoms with Crippen molar-refractivity contribution < 1.29 is 4.74 Å². The van der Waals surface area contributed by atoms with Crippen LogP contribution < -0.4 is 15.8 Å². The van der Waals surface area contributed by atoms with Gasteiger partial charge in [-0.2, -0.15) is 0 Å². The summed E-state index contributed by atoms with van der Waals surface area (Å²) in [5, 5.41) is 3.34. The molecule has 0 aliphatic rings. The number of benzene rings is 1. The van der Waals surface area contributed by atoms with Crippen LogP contribution in [0.15, 0.2) is 24.3 Å². The minimum atomic E-state index is -0.152. The van der Waals surface area contributed by atoms with E-state index in [9.17, 15) is 0 Å². The molecular weight excluding hydrogens is 200 g/mol. The van der Waals surface area contributed by atoms with Crippen LogP contribution in [0.1, 0.15) is 19.4 Å². The summed E-state index contributed by atoms with van der Waals surface area (Å²) in [4.78, 5) is 0. The molecule has 0 saturated carbocycles. The largest absolute Gasteiger partial charge is 0.496 e. The normalized spacial score (nSPS) is 11.5. The Hall–Kier alpha value is -1.06. The Labute approximate surface area is 98.0 Å². The lowest BCUT2D eigenvalue weighted by atomic mass is 10.1. The first-order valence-corrected chi connectivity index (χ1v) is 5.64. The molecule has 0 saturated heterocycles. The first-order chi connectivity index (χ1) is 7.53. The molecule has 0 amide bonds. The maximum atomic E-state index is 5.88. The van der Waals surface area contributed by atoms with Crippen molar-refractivity contribution in [2.24, 2.45) is 5.73 Å². The third-order valence-electron chi connectivity index (χ3n) is 2.34. The number of para-hydroxylation sites is 1. The Morgan fingerprint density at radius 2 is 2.00 bits per heavy atom. The average molecular weight is 222 g/mol. The van der Waals surface area contributed by atoms with E-state index in [1.807, 2.05) is 32.0 Å². The van der Waals surface area contributed by atoms with Gasteiger partial charge in [-0.3, -0.25) is 0 Å². The lowest BCUT2D eigenvalue weighted by Crippen LogP contribution is -2.43. The molecule has 0 fully saturated rings. The van der Waals surface area contributed by atoms with Gasteiger partial charge < -0.3 is 15.8 Å². The second-order valence-electron chi connectivity index (χ2n) is 4.73. The summed E-state index contributed by atoms with van der Waals surface area (Å²) < 4.78 is 5.29. The summed E-state index contributed by atoms with van der Waals surface area (Å²) in [5.41, 5.74) is 6.96. The van der Waals surface area contributed by atoms with Gasteiger partial charge in [0.05, 0.1) is 7.11 Å². The van der Waals surface area contributed by atoms with E-state index in [1.54, 1.807) is 7.11 Å². The Morgan fingerprint density at radius 1 is 1.31 bits per heavy atom. The number of rotatable bonds is 6. The zero-order valence-corrected chi connectivity index (χ0v) is 10.4. The van der Waals surface area contributed by atoms with Gasteiger partial charge in [-0.05, 0) is 38.4 Å². The van der Waals surface area contributed by atoms with E-state index in [4.69, 9.17) is 10.5 Å². The minimum Gasteiger partial charge on any atom is -0.496 e. The van der Waals surface area contributed by atoms with Crippen LogP contribution in [0.5, 0.6) is 5.75 Å². The van der Waals surface area contributed by atoms with Gasteiger partial charge in [0.25, 0.3) is 0 Å². The number of nitrogens with one attached hydrogen (secondary N) is 1. The van der Waals surface area contributed by atoms with E-state index in [1.165, 1.54) is 5.56 Å². The number of hydrogen-bond donors (Lipinski definition) is 2. The van der Waals surface area contributed by atoms with Crippen molar-refractivity contribution in [2.75, 3.05) is 20.2 Å². The monoisotopic (exact) mass is 222 g/mol. The smallest absolute Gasteiger partial charge is 0.122 e. The van der Waals surface area contributed by atoms with Crippen LogP contribution in [0.25, 0.3) is 0 Å². The zero-order valence-electron chi connectivity index (χ0n) is 10.4. The molecule has 0 unspecified atom stereocenters. The van der Waals surface area contributed by atoms with E-state index in [2.05, 4.69) is 11.4 Å². The molecule has 0 aromatic heterocycles. The molecule has 1 rings (SSSR count). The quantitative estimate of drug-likeness (QED) is 0.718. The van der Waals surface area contributed by atoms with Crippen LogP contribution in [-0.4, -0.2) is 25.7 Å². The molecule has 0 aliphatic carbocycles. The zero-order chi connectivity index (χ0) is 12.0. The maximum absolute atomic E-state index is 5.88. The molecule has 1 aromatic rings. The lowest BCUT2D eigenvalue weighted by Gasteiger charge is -2.19. The summed E-state index contributed by atoms with van der Waals surface area (Å²) in [6.45, 7) is 5.77. The number of ether oxygens (including phenoxy) is 1. The molecule has 0 heterocycles. The van der Waals surface area contributed by atoms with Crippen molar-refractivity contribution in [3.8, 4) is 5.75 Å². The van der Waals surface area contributed by atoms with Crippen molar-refractivity contribution in [1.29, 1.82) is 0 Å². The third kappa shape index (κ3) is 4.64. The predicted octanol–water partition coefficient (Wildman–Crippen LogP) is 1.56. The van der Waals surface area contributed by atoms with Gasteiger partial charge in [0.2, 0.25) is 0 Å². The molecule has 0 atom stereocenters. The first kappa shape index (κ1) is 13.0. The lowest BCUT2D eigenvalue weighted by molar-refractivity contribution is 0.408. The van der Waals surface area contributed by atoms with E-state index < -0.39 is 0 Å². The predicted molar refractivity (Wildman–Crippen MR) is 67.8 cm³/mol. The maximum Gasteiger partial charge on any atom is 0.122 e. The first-order valence-electron chi connectivity index (χ1n) is 5.64. The molecule has 90 valence electrons. The molecule has 16 heavy (non-hydrogen) atoms. The summed E-state index contributed by atoms with van der Waals surface area (Å²) >= 11 is 0. The molecule has 3 heteroatoms. The van der Waals surface area contributed by atoms with Gasteiger partial charge >= 0.3 is 0 Å². The van der Waals surface area contributed by atoms with Crippen molar-refractivity contribution in [2.45, 2.75) is 25.8 Å². The third-order valence-corrected chi connectivity index (χ3v) is 2.34. The molecule has 0 spiro atoms. The molecule has 0 aliphatic heterocycles. The Morgan fingerprint density at radius 3 is 2.62 bits per heavy atom. The highest BCUT2D eigenvalue weighted by Gasteiger charge is 2.09. The van der Waals surface area contributed by atoms with Crippen LogP contribution in [-0.2, 0) is 6.42 Å². The Kier molecular flexibility index (Phi) is 4.77. The van der Waals surface area contributed by atoms with Crippen molar-refractivity contribution in [3.63, 3.8) is 0 Å². The SMILES string of the molecule is COc1ccccc1CCNCC(C)(C)N. The second kappa shape index (κ2) is 5.87.